The monoisotopic (exact) mass is 342 g/mol. The maximum Gasteiger partial charge on any atom is 0.295 e. The molecule has 1 aliphatic rings. The van der Waals surface area contributed by atoms with Crippen LogP contribution in [0.25, 0.3) is 0 Å². The second-order valence-corrected chi connectivity index (χ2v) is 7.01. The molecule has 2 aromatic carbocycles. The van der Waals surface area contributed by atoms with Crippen molar-refractivity contribution in [3.63, 3.8) is 0 Å². The fraction of sp³-hybridized carbons (Fsp3) is 0.316. The van der Waals surface area contributed by atoms with E-state index in [2.05, 4.69) is 54.4 Å². The van der Waals surface area contributed by atoms with Crippen LogP contribution in [0.2, 0.25) is 0 Å². The van der Waals surface area contributed by atoms with Crippen molar-refractivity contribution in [2.75, 3.05) is 24.5 Å². The number of hydrogen-bond acceptors (Lipinski definition) is 5. The average molecular weight is 342 g/mol. The molecule has 0 saturated carbocycles. The molecule has 1 fully saturated rings. The van der Waals surface area contributed by atoms with E-state index in [4.69, 9.17) is 4.74 Å². The summed E-state index contributed by atoms with van der Waals surface area (Å²) in [6.07, 6.45) is -0.267. The number of carbonyl (C=O) groups excluding carboxylic acids is 1. The standard InChI is InChI=1S/C19H22N2O2S/c1-14-7-8-17(15(2)11-14)24-18-6-4-3-5-16(18)21-10-9-20-12-19(21)23-13-22/h3-8,11,13,19-20H,9-10,12H2,1-2H3. The fourth-order valence-electron chi connectivity index (χ4n) is 2.95. The number of aryl methyl sites for hydroxylation is 2. The molecule has 126 valence electrons. The Hall–Kier alpha value is -1.98. The molecule has 0 aliphatic carbocycles. The smallest absolute Gasteiger partial charge is 0.295 e. The van der Waals surface area contributed by atoms with Crippen molar-refractivity contribution in [3.8, 4) is 0 Å². The SMILES string of the molecule is Cc1ccc(Sc2ccccc2N2CCNCC2OC=O)c(C)c1. The van der Waals surface area contributed by atoms with Gasteiger partial charge in [-0.25, -0.2) is 0 Å². The Morgan fingerprint density at radius 3 is 2.83 bits per heavy atom. The molecule has 4 nitrogen and oxygen atoms in total. The quantitative estimate of drug-likeness (QED) is 0.844. The molecular weight excluding hydrogens is 320 g/mol. The van der Waals surface area contributed by atoms with Gasteiger partial charge in [0.1, 0.15) is 0 Å². The number of para-hydroxylation sites is 1. The first-order valence-electron chi connectivity index (χ1n) is 8.09. The predicted molar refractivity (Wildman–Crippen MR) is 97.6 cm³/mol. The van der Waals surface area contributed by atoms with Gasteiger partial charge in [-0.1, -0.05) is 41.6 Å². The molecule has 1 aliphatic heterocycles. The summed E-state index contributed by atoms with van der Waals surface area (Å²) in [7, 11) is 0. The van der Waals surface area contributed by atoms with Crippen molar-refractivity contribution in [3.05, 3.63) is 53.6 Å². The van der Waals surface area contributed by atoms with Crippen LogP contribution < -0.4 is 10.2 Å². The zero-order chi connectivity index (χ0) is 16.9. The van der Waals surface area contributed by atoms with Crippen molar-refractivity contribution in [1.82, 2.24) is 5.32 Å². The summed E-state index contributed by atoms with van der Waals surface area (Å²) in [6.45, 7) is 7.11. The third kappa shape index (κ3) is 3.74. The van der Waals surface area contributed by atoms with Gasteiger partial charge in [-0.2, -0.15) is 0 Å². The Balaban J connectivity index is 1.91. The lowest BCUT2D eigenvalue weighted by Gasteiger charge is -2.37. The molecule has 0 aromatic heterocycles. The van der Waals surface area contributed by atoms with Gasteiger partial charge in [0, 0.05) is 22.9 Å². The number of hydrogen-bond donors (Lipinski definition) is 1. The first kappa shape index (κ1) is 16.9. The summed E-state index contributed by atoms with van der Waals surface area (Å²) in [5, 5.41) is 3.27. The number of piperazine rings is 1. The van der Waals surface area contributed by atoms with Crippen LogP contribution in [0.5, 0.6) is 0 Å². The number of nitrogens with one attached hydrogen (secondary N) is 1. The Labute approximate surface area is 147 Å². The van der Waals surface area contributed by atoms with E-state index in [0.717, 1.165) is 18.8 Å². The van der Waals surface area contributed by atoms with Crippen LogP contribution in [0.4, 0.5) is 5.69 Å². The number of nitrogens with zero attached hydrogens (tertiary/aromatic N) is 1. The van der Waals surface area contributed by atoms with E-state index in [1.165, 1.54) is 20.9 Å². The van der Waals surface area contributed by atoms with Gasteiger partial charge in [-0.15, -0.1) is 0 Å². The average Bonchev–Trinajstić information content (AvgIpc) is 2.59. The van der Waals surface area contributed by atoms with Crippen LogP contribution >= 0.6 is 11.8 Å². The lowest BCUT2D eigenvalue weighted by molar-refractivity contribution is -0.133. The number of ether oxygens (including phenoxy) is 1. The zero-order valence-corrected chi connectivity index (χ0v) is 14.8. The third-order valence-corrected chi connectivity index (χ3v) is 5.38. The second-order valence-electron chi connectivity index (χ2n) is 5.92. The molecule has 1 unspecified atom stereocenters. The predicted octanol–water partition coefficient (Wildman–Crippen LogP) is 3.36. The summed E-state index contributed by atoms with van der Waals surface area (Å²) >= 11 is 1.76. The van der Waals surface area contributed by atoms with E-state index >= 15 is 0 Å². The number of carbonyl (C=O) groups is 1. The minimum atomic E-state index is -0.267. The molecule has 0 radical (unpaired) electrons. The van der Waals surface area contributed by atoms with E-state index in [1.54, 1.807) is 11.8 Å². The van der Waals surface area contributed by atoms with E-state index in [1.807, 2.05) is 12.1 Å². The van der Waals surface area contributed by atoms with Crippen molar-refractivity contribution in [2.45, 2.75) is 29.9 Å². The van der Waals surface area contributed by atoms with Crippen LogP contribution in [0.1, 0.15) is 11.1 Å². The third-order valence-electron chi connectivity index (χ3n) is 4.13. The first-order chi connectivity index (χ1) is 11.7. The molecule has 0 spiro atoms. The first-order valence-corrected chi connectivity index (χ1v) is 8.91. The second kappa shape index (κ2) is 7.73. The summed E-state index contributed by atoms with van der Waals surface area (Å²) in [5.41, 5.74) is 3.65. The minimum Gasteiger partial charge on any atom is -0.442 e. The molecule has 1 atom stereocenters. The molecule has 3 rings (SSSR count). The largest absolute Gasteiger partial charge is 0.442 e. The van der Waals surface area contributed by atoms with E-state index in [0.29, 0.717) is 13.0 Å². The van der Waals surface area contributed by atoms with Crippen molar-refractivity contribution < 1.29 is 9.53 Å². The van der Waals surface area contributed by atoms with Crippen molar-refractivity contribution in [1.29, 1.82) is 0 Å². The van der Waals surface area contributed by atoms with Crippen LogP contribution in [-0.4, -0.2) is 32.3 Å². The molecule has 5 heteroatoms. The van der Waals surface area contributed by atoms with Crippen LogP contribution in [-0.2, 0) is 9.53 Å². The maximum atomic E-state index is 10.8. The Morgan fingerprint density at radius 2 is 2.04 bits per heavy atom. The summed E-state index contributed by atoms with van der Waals surface area (Å²) < 4.78 is 5.27. The Morgan fingerprint density at radius 1 is 1.21 bits per heavy atom. The van der Waals surface area contributed by atoms with Gasteiger partial charge >= 0.3 is 0 Å². The van der Waals surface area contributed by atoms with Crippen molar-refractivity contribution in [2.24, 2.45) is 0 Å². The van der Waals surface area contributed by atoms with Crippen LogP contribution in [0, 0.1) is 13.8 Å². The summed E-state index contributed by atoms with van der Waals surface area (Å²) in [4.78, 5) is 15.4. The lowest BCUT2D eigenvalue weighted by Crippen LogP contribution is -2.52. The molecular formula is C19H22N2O2S. The lowest BCUT2D eigenvalue weighted by atomic mass is 10.2. The van der Waals surface area contributed by atoms with Gasteiger partial charge in [0.15, 0.2) is 6.23 Å². The van der Waals surface area contributed by atoms with Gasteiger partial charge in [0.05, 0.1) is 12.2 Å². The highest BCUT2D eigenvalue weighted by atomic mass is 32.2. The highest BCUT2D eigenvalue weighted by Gasteiger charge is 2.25. The highest BCUT2D eigenvalue weighted by molar-refractivity contribution is 7.99. The number of anilines is 1. The molecule has 1 N–H and O–H groups in total. The molecule has 2 aromatic rings. The molecule has 1 saturated heterocycles. The van der Waals surface area contributed by atoms with Crippen LogP contribution in [0.3, 0.4) is 0 Å². The maximum absolute atomic E-state index is 10.8. The van der Waals surface area contributed by atoms with E-state index in [-0.39, 0.29) is 6.23 Å². The molecule has 24 heavy (non-hydrogen) atoms. The van der Waals surface area contributed by atoms with E-state index in [9.17, 15) is 4.79 Å². The van der Waals surface area contributed by atoms with Gasteiger partial charge in [-0.3, -0.25) is 4.79 Å². The van der Waals surface area contributed by atoms with Crippen molar-refractivity contribution >= 4 is 23.9 Å². The number of rotatable bonds is 5. The van der Waals surface area contributed by atoms with E-state index < -0.39 is 0 Å². The Kier molecular flexibility index (Phi) is 5.43. The topological polar surface area (TPSA) is 41.6 Å². The highest BCUT2D eigenvalue weighted by Crippen LogP contribution is 2.37. The Bertz CT molecular complexity index is 720. The van der Waals surface area contributed by atoms with Gasteiger partial charge in [0.2, 0.25) is 0 Å². The number of benzene rings is 2. The molecule has 0 bridgehead atoms. The summed E-state index contributed by atoms with van der Waals surface area (Å²) in [5.74, 6) is 0. The minimum absolute atomic E-state index is 0.267. The van der Waals surface area contributed by atoms with Gasteiger partial charge in [-0.05, 0) is 37.6 Å². The zero-order valence-electron chi connectivity index (χ0n) is 14.0. The normalized spacial score (nSPS) is 17.6. The molecule has 0 amide bonds. The summed E-state index contributed by atoms with van der Waals surface area (Å²) in [6, 6.07) is 14.8. The molecule has 1 heterocycles. The van der Waals surface area contributed by atoms with Gasteiger partial charge < -0.3 is 15.0 Å². The fourth-order valence-corrected chi connectivity index (χ4v) is 3.98. The van der Waals surface area contributed by atoms with Crippen LogP contribution in [0.15, 0.2) is 52.3 Å². The van der Waals surface area contributed by atoms with Gasteiger partial charge in [0.25, 0.3) is 6.47 Å².